The van der Waals surface area contributed by atoms with Gasteiger partial charge in [0.05, 0.1) is 24.4 Å². The van der Waals surface area contributed by atoms with Crippen molar-refractivity contribution in [3.05, 3.63) is 0 Å². The van der Waals surface area contributed by atoms with Crippen molar-refractivity contribution in [2.75, 3.05) is 19.8 Å². The minimum Gasteiger partial charge on any atom is -0.466 e. The molecule has 0 aliphatic carbocycles. The highest BCUT2D eigenvalue weighted by Gasteiger charge is 2.23. The number of carbonyl (C=O) groups is 1. The maximum Gasteiger partial charge on any atom is 0.305 e. The van der Waals surface area contributed by atoms with Crippen molar-refractivity contribution < 1.29 is 19.0 Å². The fraction of sp³-hybridized carbons (Fsp3) is 0.933. The number of ether oxygens (including phenoxy) is 3. The number of carbonyl (C=O) groups excluding carboxylic acids is 1. The highest BCUT2D eigenvalue weighted by Crippen LogP contribution is 2.20. The van der Waals surface area contributed by atoms with Crippen molar-refractivity contribution in [2.24, 2.45) is 0 Å². The van der Waals surface area contributed by atoms with E-state index < -0.39 is 0 Å². The van der Waals surface area contributed by atoms with Gasteiger partial charge in [-0.25, -0.2) is 0 Å². The van der Waals surface area contributed by atoms with Gasteiger partial charge in [-0.2, -0.15) is 0 Å². The van der Waals surface area contributed by atoms with Gasteiger partial charge >= 0.3 is 5.97 Å². The normalized spacial score (nSPS) is 12.5. The third-order valence-electron chi connectivity index (χ3n) is 2.97. The van der Waals surface area contributed by atoms with Crippen molar-refractivity contribution in [1.29, 1.82) is 0 Å². The van der Waals surface area contributed by atoms with Gasteiger partial charge in [-0.3, -0.25) is 4.79 Å². The summed E-state index contributed by atoms with van der Waals surface area (Å²) >= 11 is 0. The van der Waals surface area contributed by atoms with Crippen LogP contribution in [0.25, 0.3) is 0 Å². The standard InChI is InChI=1S/C15H30O4/c1-7-17-13(16)9-10-14(3,4)19-12-11-15(5,6)18-8-2/h7-12H2,1-6H3. The third kappa shape index (κ3) is 9.91. The summed E-state index contributed by atoms with van der Waals surface area (Å²) in [6.07, 6.45) is 1.90. The Kier molecular flexibility index (Phi) is 8.26. The zero-order chi connectivity index (χ0) is 14.9. The molecule has 0 atom stereocenters. The predicted octanol–water partition coefficient (Wildman–Crippen LogP) is 3.33. The Balaban J connectivity index is 3.93. The van der Waals surface area contributed by atoms with E-state index in [9.17, 15) is 4.79 Å². The summed E-state index contributed by atoms with van der Waals surface area (Å²) in [7, 11) is 0. The Hall–Kier alpha value is -0.610. The van der Waals surface area contributed by atoms with Crippen LogP contribution in [0.3, 0.4) is 0 Å². The van der Waals surface area contributed by atoms with Crippen LogP contribution in [-0.4, -0.2) is 37.0 Å². The summed E-state index contributed by atoms with van der Waals surface area (Å²) < 4.78 is 16.4. The fourth-order valence-electron chi connectivity index (χ4n) is 1.74. The van der Waals surface area contributed by atoms with Crippen LogP contribution < -0.4 is 0 Å². The van der Waals surface area contributed by atoms with E-state index in [1.54, 1.807) is 0 Å². The lowest BCUT2D eigenvalue weighted by molar-refractivity contribution is -0.145. The van der Waals surface area contributed by atoms with E-state index in [1.165, 1.54) is 0 Å². The van der Waals surface area contributed by atoms with E-state index in [0.29, 0.717) is 32.7 Å². The lowest BCUT2D eigenvalue weighted by atomic mass is 10.0. The maximum absolute atomic E-state index is 11.3. The third-order valence-corrected chi connectivity index (χ3v) is 2.97. The molecule has 0 aliphatic rings. The Morgan fingerprint density at radius 3 is 2.00 bits per heavy atom. The number of rotatable bonds is 10. The topological polar surface area (TPSA) is 44.8 Å². The van der Waals surface area contributed by atoms with Gasteiger partial charge in [-0.05, 0) is 54.4 Å². The summed E-state index contributed by atoms with van der Waals surface area (Å²) in [5, 5.41) is 0. The SMILES string of the molecule is CCOC(=O)CCC(C)(C)OCCC(C)(C)OCC. The lowest BCUT2D eigenvalue weighted by Crippen LogP contribution is -2.31. The first-order valence-corrected chi connectivity index (χ1v) is 7.16. The maximum atomic E-state index is 11.3. The molecule has 0 saturated carbocycles. The Labute approximate surface area is 117 Å². The first kappa shape index (κ1) is 18.4. The van der Waals surface area contributed by atoms with E-state index in [-0.39, 0.29) is 17.2 Å². The highest BCUT2D eigenvalue weighted by molar-refractivity contribution is 5.69. The smallest absolute Gasteiger partial charge is 0.305 e. The van der Waals surface area contributed by atoms with Crippen LogP contribution in [0.4, 0.5) is 0 Å². The molecular formula is C15H30O4. The number of esters is 1. The van der Waals surface area contributed by atoms with Crippen LogP contribution in [-0.2, 0) is 19.0 Å². The second-order valence-electron chi connectivity index (χ2n) is 5.86. The first-order chi connectivity index (χ1) is 8.72. The molecular weight excluding hydrogens is 244 g/mol. The second-order valence-corrected chi connectivity index (χ2v) is 5.86. The van der Waals surface area contributed by atoms with Gasteiger partial charge in [0.15, 0.2) is 0 Å². The molecule has 4 heteroatoms. The zero-order valence-corrected chi connectivity index (χ0v) is 13.4. The molecule has 0 heterocycles. The predicted molar refractivity (Wildman–Crippen MR) is 76.2 cm³/mol. The minimum absolute atomic E-state index is 0.158. The average Bonchev–Trinajstić information content (AvgIpc) is 2.26. The van der Waals surface area contributed by atoms with Gasteiger partial charge in [0.2, 0.25) is 0 Å². The van der Waals surface area contributed by atoms with Crippen LogP contribution in [0.15, 0.2) is 0 Å². The molecule has 4 nitrogen and oxygen atoms in total. The molecule has 0 aromatic heterocycles. The van der Waals surface area contributed by atoms with Gasteiger partial charge < -0.3 is 14.2 Å². The summed E-state index contributed by atoms with van der Waals surface area (Å²) in [5.74, 6) is -0.158. The van der Waals surface area contributed by atoms with Crippen molar-refractivity contribution in [1.82, 2.24) is 0 Å². The molecule has 0 fully saturated rings. The molecule has 0 aliphatic heterocycles. The molecule has 0 aromatic carbocycles. The van der Waals surface area contributed by atoms with Crippen LogP contribution in [0.1, 0.15) is 60.8 Å². The molecule has 0 spiro atoms. The van der Waals surface area contributed by atoms with E-state index in [1.807, 2.05) is 27.7 Å². The van der Waals surface area contributed by atoms with Gasteiger partial charge in [0.1, 0.15) is 0 Å². The van der Waals surface area contributed by atoms with Gasteiger partial charge in [-0.15, -0.1) is 0 Å². The molecule has 0 aromatic rings. The summed E-state index contributed by atoms with van der Waals surface area (Å²) in [4.78, 5) is 11.3. The Morgan fingerprint density at radius 1 is 0.895 bits per heavy atom. The largest absolute Gasteiger partial charge is 0.466 e. The second kappa shape index (κ2) is 8.54. The number of hydrogen-bond donors (Lipinski definition) is 0. The fourth-order valence-corrected chi connectivity index (χ4v) is 1.74. The quantitative estimate of drug-likeness (QED) is 0.573. The molecule has 114 valence electrons. The van der Waals surface area contributed by atoms with E-state index in [0.717, 1.165) is 6.42 Å². The summed E-state index contributed by atoms with van der Waals surface area (Å²) in [5.41, 5.74) is -0.471. The van der Waals surface area contributed by atoms with E-state index >= 15 is 0 Å². The van der Waals surface area contributed by atoms with Crippen molar-refractivity contribution in [2.45, 2.75) is 72.0 Å². The molecule has 0 saturated heterocycles. The van der Waals surface area contributed by atoms with E-state index in [2.05, 4.69) is 13.8 Å². The molecule has 0 unspecified atom stereocenters. The molecule has 0 rings (SSSR count). The minimum atomic E-state index is -0.310. The van der Waals surface area contributed by atoms with Crippen molar-refractivity contribution in [3.8, 4) is 0 Å². The highest BCUT2D eigenvalue weighted by atomic mass is 16.5. The van der Waals surface area contributed by atoms with Gasteiger partial charge in [0, 0.05) is 13.0 Å². The first-order valence-electron chi connectivity index (χ1n) is 7.16. The summed E-state index contributed by atoms with van der Waals surface area (Å²) in [6.45, 7) is 13.7. The van der Waals surface area contributed by atoms with Crippen molar-refractivity contribution in [3.63, 3.8) is 0 Å². The Bertz CT molecular complexity index is 259. The van der Waals surface area contributed by atoms with Crippen LogP contribution in [0.5, 0.6) is 0 Å². The molecule has 0 amide bonds. The van der Waals surface area contributed by atoms with Crippen LogP contribution in [0.2, 0.25) is 0 Å². The summed E-state index contributed by atoms with van der Waals surface area (Å²) in [6, 6.07) is 0. The molecule has 0 bridgehead atoms. The zero-order valence-electron chi connectivity index (χ0n) is 13.4. The number of hydrogen-bond acceptors (Lipinski definition) is 4. The monoisotopic (exact) mass is 274 g/mol. The average molecular weight is 274 g/mol. The molecule has 19 heavy (non-hydrogen) atoms. The van der Waals surface area contributed by atoms with Crippen molar-refractivity contribution >= 4 is 5.97 Å². The Morgan fingerprint density at radius 2 is 1.47 bits per heavy atom. The van der Waals surface area contributed by atoms with E-state index in [4.69, 9.17) is 14.2 Å². The van der Waals surface area contributed by atoms with Gasteiger partial charge in [0.25, 0.3) is 0 Å². The lowest BCUT2D eigenvalue weighted by Gasteiger charge is -2.29. The molecule has 0 radical (unpaired) electrons. The van der Waals surface area contributed by atoms with Gasteiger partial charge in [-0.1, -0.05) is 0 Å². The molecule has 0 N–H and O–H groups in total. The van der Waals surface area contributed by atoms with Crippen LogP contribution in [0, 0.1) is 0 Å². The van der Waals surface area contributed by atoms with Crippen LogP contribution >= 0.6 is 0 Å².